The second-order valence-electron chi connectivity index (χ2n) is 7.64. The van der Waals surface area contributed by atoms with Crippen LogP contribution in [0.1, 0.15) is 69.7 Å². The van der Waals surface area contributed by atoms with Crippen molar-refractivity contribution in [3.63, 3.8) is 0 Å². The fourth-order valence-corrected chi connectivity index (χ4v) is 4.87. The molecule has 5 nitrogen and oxygen atoms in total. The number of hydrogen-bond donors (Lipinski definition) is 2. The zero-order valence-electron chi connectivity index (χ0n) is 16.6. The number of nitrogens with one attached hydrogen (secondary N) is 2. The van der Waals surface area contributed by atoms with Crippen molar-refractivity contribution >= 4 is 23.0 Å². The third-order valence-corrected chi connectivity index (χ3v) is 6.58. The van der Waals surface area contributed by atoms with Crippen LogP contribution < -0.4 is 5.32 Å². The molecule has 27 heavy (non-hydrogen) atoms. The number of thiophene rings is 1. The molecule has 1 atom stereocenters. The zero-order chi connectivity index (χ0) is 19.6. The van der Waals surface area contributed by atoms with E-state index in [9.17, 15) is 9.59 Å². The lowest BCUT2D eigenvalue weighted by molar-refractivity contribution is 0.0910. The molecule has 1 aliphatic heterocycles. The Kier molecular flexibility index (Phi) is 6.17. The molecule has 0 saturated carbocycles. The van der Waals surface area contributed by atoms with E-state index in [4.69, 9.17) is 0 Å². The molecule has 0 aliphatic carbocycles. The number of likely N-dealkylation sites (tertiary alicyclic amines) is 1. The summed E-state index contributed by atoms with van der Waals surface area (Å²) in [6.07, 6.45) is 2.40. The standard InChI is InChI=1S/C21H29N3O2S/c1-13-7-9-24(10-8-13)17(18-6-5-11-27-18)12-22-21(26)20-14(2)19(16(4)25)15(3)23-20/h5-6,11,13,17,23H,7-10,12H2,1-4H3,(H,22,26). The summed E-state index contributed by atoms with van der Waals surface area (Å²) in [5.41, 5.74) is 2.61. The van der Waals surface area contributed by atoms with Gasteiger partial charge in [-0.25, -0.2) is 0 Å². The Morgan fingerprint density at radius 3 is 2.59 bits per heavy atom. The van der Waals surface area contributed by atoms with Crippen LogP contribution in [0.2, 0.25) is 0 Å². The first kappa shape index (κ1) is 19.8. The molecule has 0 radical (unpaired) electrons. The van der Waals surface area contributed by atoms with Crippen LogP contribution in [-0.2, 0) is 0 Å². The van der Waals surface area contributed by atoms with Crippen LogP contribution in [0.25, 0.3) is 0 Å². The number of rotatable bonds is 6. The number of H-pyrrole nitrogens is 1. The van der Waals surface area contributed by atoms with Crippen molar-refractivity contribution in [3.8, 4) is 0 Å². The first-order valence-electron chi connectivity index (χ1n) is 9.64. The van der Waals surface area contributed by atoms with Gasteiger partial charge < -0.3 is 10.3 Å². The molecule has 2 aromatic rings. The molecular weight excluding hydrogens is 358 g/mol. The molecule has 6 heteroatoms. The number of ketones is 1. The van der Waals surface area contributed by atoms with Crippen LogP contribution in [0.3, 0.4) is 0 Å². The highest BCUT2D eigenvalue weighted by Gasteiger charge is 2.27. The number of Topliss-reactive ketones (excluding diaryl/α,β-unsaturated/α-hetero) is 1. The van der Waals surface area contributed by atoms with E-state index in [2.05, 4.69) is 39.6 Å². The van der Waals surface area contributed by atoms with Crippen LogP contribution in [0.15, 0.2) is 17.5 Å². The summed E-state index contributed by atoms with van der Waals surface area (Å²) >= 11 is 1.74. The van der Waals surface area contributed by atoms with Gasteiger partial charge in [0.15, 0.2) is 5.78 Å². The van der Waals surface area contributed by atoms with E-state index in [0.717, 1.165) is 30.3 Å². The van der Waals surface area contributed by atoms with Gasteiger partial charge in [0.2, 0.25) is 0 Å². The van der Waals surface area contributed by atoms with Crippen molar-refractivity contribution in [2.45, 2.75) is 46.6 Å². The molecule has 146 valence electrons. The van der Waals surface area contributed by atoms with E-state index < -0.39 is 0 Å². The number of piperidine rings is 1. The molecule has 2 aromatic heterocycles. The molecule has 0 aromatic carbocycles. The molecule has 1 unspecified atom stereocenters. The lowest BCUT2D eigenvalue weighted by atomic mass is 9.97. The van der Waals surface area contributed by atoms with Gasteiger partial charge in [0.1, 0.15) is 5.69 Å². The molecule has 1 aliphatic rings. The first-order chi connectivity index (χ1) is 12.9. The van der Waals surface area contributed by atoms with E-state index in [-0.39, 0.29) is 17.7 Å². The SMILES string of the molecule is CC(=O)c1c(C)[nH]c(C(=O)NCC(c2cccs2)N2CCC(C)CC2)c1C. The van der Waals surface area contributed by atoms with Gasteiger partial charge >= 0.3 is 0 Å². The summed E-state index contributed by atoms with van der Waals surface area (Å²) in [6, 6.07) is 4.42. The maximum absolute atomic E-state index is 12.8. The van der Waals surface area contributed by atoms with E-state index >= 15 is 0 Å². The van der Waals surface area contributed by atoms with Crippen molar-refractivity contribution in [1.82, 2.24) is 15.2 Å². The number of aromatic amines is 1. The Morgan fingerprint density at radius 2 is 2.04 bits per heavy atom. The Bertz CT molecular complexity index is 802. The van der Waals surface area contributed by atoms with Crippen molar-refractivity contribution in [3.05, 3.63) is 44.9 Å². The topological polar surface area (TPSA) is 65.2 Å². The summed E-state index contributed by atoms with van der Waals surface area (Å²) < 4.78 is 0. The monoisotopic (exact) mass is 387 g/mol. The number of carbonyl (C=O) groups is 2. The highest BCUT2D eigenvalue weighted by Crippen LogP contribution is 2.29. The maximum Gasteiger partial charge on any atom is 0.268 e. The van der Waals surface area contributed by atoms with Gasteiger partial charge in [0.05, 0.1) is 6.04 Å². The van der Waals surface area contributed by atoms with Gasteiger partial charge in [-0.1, -0.05) is 13.0 Å². The van der Waals surface area contributed by atoms with E-state index in [1.165, 1.54) is 24.6 Å². The summed E-state index contributed by atoms with van der Waals surface area (Å²) in [5.74, 6) is 0.614. The molecule has 0 bridgehead atoms. The predicted molar refractivity (Wildman–Crippen MR) is 110 cm³/mol. The van der Waals surface area contributed by atoms with Crippen molar-refractivity contribution in [2.75, 3.05) is 19.6 Å². The Balaban J connectivity index is 1.73. The Labute approximate surface area is 165 Å². The minimum Gasteiger partial charge on any atom is -0.354 e. The number of aromatic nitrogens is 1. The minimum absolute atomic E-state index is 0.0146. The van der Waals surface area contributed by atoms with Crippen molar-refractivity contribution in [2.24, 2.45) is 5.92 Å². The molecule has 2 N–H and O–H groups in total. The molecule has 3 heterocycles. The lowest BCUT2D eigenvalue weighted by Crippen LogP contribution is -2.41. The molecule has 1 fully saturated rings. The summed E-state index contributed by atoms with van der Waals surface area (Å²) in [4.78, 5) is 31.5. The number of carbonyl (C=O) groups excluding carboxylic acids is 2. The second kappa shape index (κ2) is 8.40. The van der Waals surface area contributed by atoms with Crippen LogP contribution in [0.4, 0.5) is 0 Å². The van der Waals surface area contributed by atoms with E-state index in [1.807, 2.05) is 13.8 Å². The fourth-order valence-electron chi connectivity index (χ4n) is 4.01. The smallest absolute Gasteiger partial charge is 0.268 e. The van der Waals surface area contributed by atoms with Gasteiger partial charge in [-0.05, 0) is 69.6 Å². The number of aryl methyl sites for hydroxylation is 1. The largest absolute Gasteiger partial charge is 0.354 e. The maximum atomic E-state index is 12.8. The van der Waals surface area contributed by atoms with Gasteiger partial charge in [-0.3, -0.25) is 14.5 Å². The number of amides is 1. The number of hydrogen-bond acceptors (Lipinski definition) is 4. The average Bonchev–Trinajstić information content (AvgIpc) is 3.24. The molecule has 3 rings (SSSR count). The van der Waals surface area contributed by atoms with Crippen molar-refractivity contribution in [1.29, 1.82) is 0 Å². The Hall–Kier alpha value is -1.92. The van der Waals surface area contributed by atoms with Crippen LogP contribution >= 0.6 is 11.3 Å². The first-order valence-corrected chi connectivity index (χ1v) is 10.5. The lowest BCUT2D eigenvalue weighted by Gasteiger charge is -2.36. The molecule has 1 amide bonds. The van der Waals surface area contributed by atoms with Gasteiger partial charge in [0, 0.05) is 22.7 Å². The minimum atomic E-state index is -0.143. The zero-order valence-corrected chi connectivity index (χ0v) is 17.4. The van der Waals surface area contributed by atoms with Gasteiger partial charge in [-0.15, -0.1) is 11.3 Å². The summed E-state index contributed by atoms with van der Waals surface area (Å²) in [5, 5.41) is 5.19. The highest BCUT2D eigenvalue weighted by atomic mass is 32.1. The third kappa shape index (κ3) is 4.33. The quantitative estimate of drug-likeness (QED) is 0.734. The van der Waals surface area contributed by atoms with Gasteiger partial charge in [-0.2, -0.15) is 0 Å². The predicted octanol–water partition coefficient (Wildman–Crippen LogP) is 4.10. The van der Waals surface area contributed by atoms with Gasteiger partial charge in [0.25, 0.3) is 5.91 Å². The summed E-state index contributed by atoms with van der Waals surface area (Å²) in [7, 11) is 0. The molecular formula is C21H29N3O2S. The normalized spacial score (nSPS) is 17.0. The van der Waals surface area contributed by atoms with Crippen LogP contribution in [0, 0.1) is 19.8 Å². The van der Waals surface area contributed by atoms with Crippen LogP contribution in [0.5, 0.6) is 0 Å². The van der Waals surface area contributed by atoms with Crippen LogP contribution in [-0.4, -0.2) is 41.2 Å². The number of nitrogens with zero attached hydrogens (tertiary/aromatic N) is 1. The second-order valence-corrected chi connectivity index (χ2v) is 8.62. The van der Waals surface area contributed by atoms with E-state index in [1.54, 1.807) is 11.3 Å². The average molecular weight is 388 g/mol. The summed E-state index contributed by atoms with van der Waals surface area (Å²) in [6.45, 7) is 10.2. The highest BCUT2D eigenvalue weighted by molar-refractivity contribution is 7.10. The van der Waals surface area contributed by atoms with E-state index in [0.29, 0.717) is 17.8 Å². The molecule has 1 saturated heterocycles. The third-order valence-electron chi connectivity index (χ3n) is 5.60. The fraction of sp³-hybridized carbons (Fsp3) is 0.524. The van der Waals surface area contributed by atoms with Crippen molar-refractivity contribution < 1.29 is 9.59 Å². The Morgan fingerprint density at radius 1 is 1.33 bits per heavy atom. The molecule has 0 spiro atoms.